The maximum absolute atomic E-state index is 11.0. The molecule has 104 valence electrons. The van der Waals surface area contributed by atoms with Crippen molar-refractivity contribution in [3.05, 3.63) is 67.1 Å². The van der Waals surface area contributed by atoms with Crippen LogP contribution in [0.1, 0.15) is 11.1 Å². The highest BCUT2D eigenvalue weighted by Gasteiger charge is 2.14. The van der Waals surface area contributed by atoms with Gasteiger partial charge in [-0.05, 0) is 36.8 Å². The standard InChI is InChI=1S/C14H12BrClN2O2/c1-9-2-5-12(16)13(6-9)17-8-10-3-4-11(15)7-14(10)18(19)20/h2-7,17H,8H2,1H3. The highest BCUT2D eigenvalue weighted by molar-refractivity contribution is 9.10. The maximum Gasteiger partial charge on any atom is 0.275 e. The number of hydrogen-bond donors (Lipinski definition) is 1. The Balaban J connectivity index is 2.23. The fraction of sp³-hybridized carbons (Fsp3) is 0.143. The monoisotopic (exact) mass is 354 g/mol. The molecule has 0 heterocycles. The molecule has 6 heteroatoms. The molecule has 0 saturated carbocycles. The molecule has 0 atom stereocenters. The molecule has 0 fully saturated rings. The van der Waals surface area contributed by atoms with Gasteiger partial charge in [-0.15, -0.1) is 0 Å². The van der Waals surface area contributed by atoms with E-state index in [2.05, 4.69) is 21.2 Å². The van der Waals surface area contributed by atoms with Gasteiger partial charge >= 0.3 is 0 Å². The van der Waals surface area contributed by atoms with E-state index in [4.69, 9.17) is 11.6 Å². The summed E-state index contributed by atoms with van der Waals surface area (Å²) in [5.41, 5.74) is 2.53. The van der Waals surface area contributed by atoms with Crippen molar-refractivity contribution in [3.63, 3.8) is 0 Å². The molecule has 0 spiro atoms. The lowest BCUT2D eigenvalue weighted by Gasteiger charge is -2.10. The van der Waals surface area contributed by atoms with Crippen LogP contribution < -0.4 is 5.32 Å². The lowest BCUT2D eigenvalue weighted by molar-refractivity contribution is -0.385. The van der Waals surface area contributed by atoms with E-state index in [1.54, 1.807) is 18.2 Å². The molecular weight excluding hydrogens is 344 g/mol. The third-order valence-corrected chi connectivity index (χ3v) is 3.66. The van der Waals surface area contributed by atoms with E-state index in [1.165, 1.54) is 6.07 Å². The van der Waals surface area contributed by atoms with Crippen molar-refractivity contribution < 1.29 is 4.92 Å². The second-order valence-electron chi connectivity index (χ2n) is 4.37. The molecule has 20 heavy (non-hydrogen) atoms. The first-order chi connectivity index (χ1) is 9.47. The Morgan fingerprint density at radius 1 is 1.30 bits per heavy atom. The van der Waals surface area contributed by atoms with E-state index in [9.17, 15) is 10.1 Å². The van der Waals surface area contributed by atoms with E-state index >= 15 is 0 Å². The van der Waals surface area contributed by atoms with Gasteiger partial charge in [-0.1, -0.05) is 33.6 Å². The summed E-state index contributed by atoms with van der Waals surface area (Å²) in [7, 11) is 0. The first-order valence-electron chi connectivity index (χ1n) is 5.90. The Labute approximate surface area is 130 Å². The minimum absolute atomic E-state index is 0.0793. The molecule has 0 bridgehead atoms. The van der Waals surface area contributed by atoms with Crippen molar-refractivity contribution >= 4 is 38.9 Å². The SMILES string of the molecule is Cc1ccc(Cl)c(NCc2ccc(Br)cc2[N+](=O)[O-])c1. The minimum Gasteiger partial charge on any atom is -0.379 e. The third kappa shape index (κ3) is 3.49. The van der Waals surface area contributed by atoms with Crippen LogP contribution in [0.5, 0.6) is 0 Å². The van der Waals surface area contributed by atoms with Crippen LogP contribution in [0.15, 0.2) is 40.9 Å². The number of rotatable bonds is 4. The van der Waals surface area contributed by atoms with E-state index in [0.717, 1.165) is 11.3 Å². The van der Waals surface area contributed by atoms with E-state index in [0.29, 0.717) is 21.6 Å². The fourth-order valence-electron chi connectivity index (χ4n) is 1.82. The Morgan fingerprint density at radius 2 is 2.05 bits per heavy atom. The van der Waals surface area contributed by atoms with Gasteiger partial charge < -0.3 is 5.32 Å². The maximum atomic E-state index is 11.0. The van der Waals surface area contributed by atoms with Crippen LogP contribution in [0.3, 0.4) is 0 Å². The molecule has 0 saturated heterocycles. The van der Waals surface area contributed by atoms with Crippen molar-refractivity contribution in [3.8, 4) is 0 Å². The summed E-state index contributed by atoms with van der Waals surface area (Å²) in [4.78, 5) is 10.6. The number of nitrogens with one attached hydrogen (secondary N) is 1. The fourth-order valence-corrected chi connectivity index (χ4v) is 2.35. The predicted molar refractivity (Wildman–Crippen MR) is 84.3 cm³/mol. The van der Waals surface area contributed by atoms with Gasteiger partial charge in [-0.3, -0.25) is 10.1 Å². The van der Waals surface area contributed by atoms with Gasteiger partial charge in [-0.2, -0.15) is 0 Å². The van der Waals surface area contributed by atoms with Gasteiger partial charge in [-0.25, -0.2) is 0 Å². The molecular formula is C14H12BrClN2O2. The highest BCUT2D eigenvalue weighted by Crippen LogP contribution is 2.27. The minimum atomic E-state index is -0.389. The number of benzene rings is 2. The Hall–Kier alpha value is -1.59. The number of hydrogen-bond acceptors (Lipinski definition) is 3. The van der Waals surface area contributed by atoms with Crippen molar-refractivity contribution in [1.82, 2.24) is 0 Å². The quantitative estimate of drug-likeness (QED) is 0.625. The van der Waals surface area contributed by atoms with Crippen molar-refractivity contribution in [2.24, 2.45) is 0 Å². The molecule has 0 radical (unpaired) electrons. The Morgan fingerprint density at radius 3 is 2.75 bits per heavy atom. The van der Waals surface area contributed by atoms with E-state index in [1.807, 2.05) is 19.1 Å². The van der Waals surface area contributed by atoms with Crippen LogP contribution in [-0.4, -0.2) is 4.92 Å². The summed E-state index contributed by atoms with van der Waals surface area (Å²) in [5.74, 6) is 0. The smallest absolute Gasteiger partial charge is 0.275 e. The first-order valence-corrected chi connectivity index (χ1v) is 7.07. The second-order valence-corrected chi connectivity index (χ2v) is 5.69. The van der Waals surface area contributed by atoms with E-state index in [-0.39, 0.29) is 10.6 Å². The highest BCUT2D eigenvalue weighted by atomic mass is 79.9. The Kier molecular flexibility index (Phi) is 4.62. The van der Waals surface area contributed by atoms with Crippen molar-refractivity contribution in [2.45, 2.75) is 13.5 Å². The zero-order chi connectivity index (χ0) is 14.7. The number of nitrogens with zero attached hydrogens (tertiary/aromatic N) is 1. The van der Waals surface area contributed by atoms with Crippen LogP contribution in [0.4, 0.5) is 11.4 Å². The van der Waals surface area contributed by atoms with Crippen LogP contribution in [0.2, 0.25) is 5.02 Å². The van der Waals surface area contributed by atoms with Crippen LogP contribution in [0.25, 0.3) is 0 Å². The van der Waals surface area contributed by atoms with Crippen LogP contribution >= 0.6 is 27.5 Å². The molecule has 2 aromatic carbocycles. The number of anilines is 1. The molecule has 0 amide bonds. The zero-order valence-electron chi connectivity index (χ0n) is 10.7. The summed E-state index contributed by atoms with van der Waals surface area (Å²) in [6.07, 6.45) is 0. The lowest BCUT2D eigenvalue weighted by atomic mass is 10.1. The molecule has 1 N–H and O–H groups in total. The van der Waals surface area contributed by atoms with Gasteiger partial charge in [0.2, 0.25) is 0 Å². The largest absolute Gasteiger partial charge is 0.379 e. The summed E-state index contributed by atoms with van der Waals surface area (Å²) in [5, 5.41) is 14.8. The van der Waals surface area contributed by atoms with Crippen LogP contribution in [-0.2, 0) is 6.54 Å². The van der Waals surface area contributed by atoms with Gasteiger partial charge in [0.15, 0.2) is 0 Å². The number of nitro benzene ring substituents is 1. The zero-order valence-corrected chi connectivity index (χ0v) is 13.0. The molecule has 2 aromatic rings. The normalized spacial score (nSPS) is 10.3. The first kappa shape index (κ1) is 14.8. The molecule has 4 nitrogen and oxygen atoms in total. The molecule has 0 unspecified atom stereocenters. The molecule has 0 aliphatic carbocycles. The third-order valence-electron chi connectivity index (χ3n) is 2.84. The average Bonchev–Trinajstić information content (AvgIpc) is 2.40. The lowest BCUT2D eigenvalue weighted by Crippen LogP contribution is -2.03. The van der Waals surface area contributed by atoms with Gasteiger partial charge in [0.1, 0.15) is 0 Å². The summed E-state index contributed by atoms with van der Waals surface area (Å²) < 4.78 is 0.682. The molecule has 2 rings (SSSR count). The molecule has 0 aliphatic heterocycles. The summed E-state index contributed by atoms with van der Waals surface area (Å²) in [6.45, 7) is 2.30. The summed E-state index contributed by atoms with van der Waals surface area (Å²) >= 11 is 9.32. The van der Waals surface area contributed by atoms with Gasteiger partial charge in [0, 0.05) is 22.6 Å². The van der Waals surface area contributed by atoms with Crippen molar-refractivity contribution in [2.75, 3.05) is 5.32 Å². The van der Waals surface area contributed by atoms with E-state index < -0.39 is 0 Å². The Bertz CT molecular complexity index is 662. The number of aryl methyl sites for hydroxylation is 1. The average molecular weight is 356 g/mol. The van der Waals surface area contributed by atoms with Crippen LogP contribution in [0, 0.1) is 17.0 Å². The van der Waals surface area contributed by atoms with Crippen molar-refractivity contribution in [1.29, 1.82) is 0 Å². The number of halogens is 2. The molecule has 0 aromatic heterocycles. The molecule has 0 aliphatic rings. The van der Waals surface area contributed by atoms with Gasteiger partial charge in [0.25, 0.3) is 5.69 Å². The van der Waals surface area contributed by atoms with Gasteiger partial charge in [0.05, 0.1) is 15.6 Å². The topological polar surface area (TPSA) is 55.2 Å². The number of nitro groups is 1. The summed E-state index contributed by atoms with van der Waals surface area (Å²) in [6, 6.07) is 10.6. The second kappa shape index (κ2) is 6.24. The predicted octanol–water partition coefficient (Wildman–Crippen LogP) is 4.93.